The number of allylic oxidation sites excluding steroid dienone is 1. The third-order valence-electron chi connectivity index (χ3n) is 6.82. The topological polar surface area (TPSA) is 26.3 Å². The zero-order chi connectivity index (χ0) is 22.5. The molecule has 1 fully saturated rings. The molecule has 0 radical (unpaired) electrons. The Morgan fingerprint density at radius 1 is 1.00 bits per heavy atom. The second-order valence-electron chi connectivity index (χ2n) is 10.3. The van der Waals surface area contributed by atoms with E-state index in [1.807, 2.05) is 0 Å². The van der Waals surface area contributed by atoms with Crippen LogP contribution in [0.3, 0.4) is 0 Å². The van der Waals surface area contributed by atoms with Crippen molar-refractivity contribution in [3.63, 3.8) is 0 Å². The number of carbonyl (C=O) groups excluding carboxylic acids is 1. The fraction of sp³-hybridized carbons (Fsp3) is 0.464. The van der Waals surface area contributed by atoms with Gasteiger partial charge < -0.3 is 4.43 Å². The minimum absolute atomic E-state index is 0.0230. The van der Waals surface area contributed by atoms with Crippen LogP contribution in [0, 0.1) is 17.8 Å². The summed E-state index contributed by atoms with van der Waals surface area (Å²) in [6.07, 6.45) is 6.88. The summed E-state index contributed by atoms with van der Waals surface area (Å²) in [5.41, 5.74) is 0. The average Bonchev–Trinajstić information content (AvgIpc) is 2.74. The first kappa shape index (κ1) is 23.7. The summed E-state index contributed by atoms with van der Waals surface area (Å²) in [6, 6.07) is 21.5. The van der Waals surface area contributed by atoms with Gasteiger partial charge in [-0.15, -0.1) is 0 Å². The Morgan fingerprint density at radius 3 is 2.03 bits per heavy atom. The zero-order valence-corrected chi connectivity index (χ0v) is 20.8. The van der Waals surface area contributed by atoms with E-state index < -0.39 is 8.32 Å². The van der Waals surface area contributed by atoms with Gasteiger partial charge in [0.2, 0.25) is 0 Å². The number of rotatable bonds is 7. The predicted molar refractivity (Wildman–Crippen MR) is 133 cm³/mol. The van der Waals surface area contributed by atoms with Crippen LogP contribution < -0.4 is 10.4 Å². The standard InChI is InChI=1S/C28H38O2Si/c1-22(2)27-19-18-24(29)21-23(27)13-12-20-30-31(28(3,4)5,25-14-8-6-9-15-25)26-16-10-7-11-17-26/h6-17,22-23,27H,18-21H2,1-5H3. The quantitative estimate of drug-likeness (QED) is 0.409. The van der Waals surface area contributed by atoms with E-state index in [1.165, 1.54) is 10.4 Å². The van der Waals surface area contributed by atoms with Gasteiger partial charge in [0.1, 0.15) is 5.78 Å². The SMILES string of the molecule is CC(C)C1CCC(=O)CC1C=CCO[Si](c1ccccc1)(c1ccccc1)C(C)(C)C. The van der Waals surface area contributed by atoms with Crippen molar-refractivity contribution in [1.29, 1.82) is 0 Å². The van der Waals surface area contributed by atoms with Crippen LogP contribution in [0.2, 0.25) is 5.04 Å². The highest BCUT2D eigenvalue weighted by Gasteiger charge is 2.49. The van der Waals surface area contributed by atoms with Gasteiger partial charge in [-0.3, -0.25) is 4.79 Å². The van der Waals surface area contributed by atoms with E-state index in [-0.39, 0.29) is 5.04 Å². The lowest BCUT2D eigenvalue weighted by Crippen LogP contribution is -2.66. The van der Waals surface area contributed by atoms with Crippen LogP contribution in [-0.4, -0.2) is 20.7 Å². The van der Waals surface area contributed by atoms with Gasteiger partial charge >= 0.3 is 0 Å². The van der Waals surface area contributed by atoms with Gasteiger partial charge in [-0.05, 0) is 39.6 Å². The first-order valence-corrected chi connectivity index (χ1v) is 13.6. The molecule has 166 valence electrons. The van der Waals surface area contributed by atoms with Crippen molar-refractivity contribution in [2.45, 2.75) is 58.9 Å². The van der Waals surface area contributed by atoms with Gasteiger partial charge in [-0.25, -0.2) is 0 Å². The first-order valence-electron chi connectivity index (χ1n) is 11.7. The highest BCUT2D eigenvalue weighted by Crippen LogP contribution is 2.37. The minimum Gasteiger partial charge on any atom is -0.404 e. The summed E-state index contributed by atoms with van der Waals surface area (Å²) in [6.45, 7) is 12.0. The number of hydrogen-bond acceptors (Lipinski definition) is 2. The molecule has 0 spiro atoms. The van der Waals surface area contributed by atoms with Crippen molar-refractivity contribution in [2.75, 3.05) is 6.61 Å². The molecule has 1 saturated carbocycles. The van der Waals surface area contributed by atoms with Gasteiger partial charge in [0.05, 0.1) is 6.61 Å². The molecule has 2 unspecified atom stereocenters. The van der Waals surface area contributed by atoms with Crippen LogP contribution in [0.5, 0.6) is 0 Å². The molecular formula is C28H38O2Si. The predicted octanol–water partition coefficient (Wildman–Crippen LogP) is 5.76. The lowest BCUT2D eigenvalue weighted by Gasteiger charge is -2.42. The molecule has 0 aliphatic heterocycles. The number of carbonyl (C=O) groups is 1. The molecule has 31 heavy (non-hydrogen) atoms. The van der Waals surface area contributed by atoms with E-state index in [1.54, 1.807) is 0 Å². The number of ketones is 1. The molecule has 0 N–H and O–H groups in total. The summed E-state index contributed by atoms with van der Waals surface area (Å²) in [7, 11) is -2.51. The maximum Gasteiger partial charge on any atom is 0.261 e. The van der Waals surface area contributed by atoms with E-state index >= 15 is 0 Å². The molecule has 2 aromatic carbocycles. The van der Waals surface area contributed by atoms with Crippen LogP contribution >= 0.6 is 0 Å². The Hall–Kier alpha value is -1.97. The maximum atomic E-state index is 12.1. The highest BCUT2D eigenvalue weighted by atomic mass is 28.4. The van der Waals surface area contributed by atoms with Crippen LogP contribution in [0.25, 0.3) is 0 Å². The molecule has 2 nitrogen and oxygen atoms in total. The Kier molecular flexibility index (Phi) is 7.71. The van der Waals surface area contributed by atoms with Gasteiger partial charge in [0, 0.05) is 12.8 Å². The largest absolute Gasteiger partial charge is 0.404 e. The Labute approximate surface area is 189 Å². The molecule has 1 aliphatic carbocycles. The Balaban J connectivity index is 1.89. The molecule has 2 atom stereocenters. The van der Waals surface area contributed by atoms with Crippen molar-refractivity contribution in [3.8, 4) is 0 Å². The van der Waals surface area contributed by atoms with E-state index in [0.29, 0.717) is 36.6 Å². The Morgan fingerprint density at radius 2 is 1.55 bits per heavy atom. The van der Waals surface area contributed by atoms with Crippen molar-refractivity contribution in [2.24, 2.45) is 17.8 Å². The molecule has 3 heteroatoms. The maximum absolute atomic E-state index is 12.1. The third-order valence-corrected chi connectivity index (χ3v) is 11.8. The molecule has 3 rings (SSSR count). The average molecular weight is 435 g/mol. The lowest BCUT2D eigenvalue weighted by atomic mass is 9.73. The summed E-state index contributed by atoms with van der Waals surface area (Å²) in [5.74, 6) is 1.92. The van der Waals surface area contributed by atoms with Crippen molar-refractivity contribution in [1.82, 2.24) is 0 Å². The van der Waals surface area contributed by atoms with E-state index in [9.17, 15) is 4.79 Å². The summed E-state index contributed by atoms with van der Waals surface area (Å²) >= 11 is 0. The van der Waals surface area contributed by atoms with Crippen molar-refractivity contribution >= 4 is 24.5 Å². The smallest absolute Gasteiger partial charge is 0.261 e. The van der Waals surface area contributed by atoms with Gasteiger partial charge in [0.15, 0.2) is 0 Å². The molecule has 0 saturated heterocycles. The van der Waals surface area contributed by atoms with Crippen LogP contribution in [0.4, 0.5) is 0 Å². The normalized spacial score (nSPS) is 20.5. The Bertz CT molecular complexity index is 825. The van der Waals surface area contributed by atoms with Gasteiger partial charge in [-0.1, -0.05) is 107 Å². The second-order valence-corrected chi connectivity index (χ2v) is 14.6. The molecule has 0 amide bonds. The number of hydrogen-bond donors (Lipinski definition) is 0. The third kappa shape index (κ3) is 5.27. The van der Waals surface area contributed by atoms with Crippen molar-refractivity contribution in [3.05, 3.63) is 72.8 Å². The van der Waals surface area contributed by atoms with E-state index in [0.717, 1.165) is 12.8 Å². The van der Waals surface area contributed by atoms with Crippen LogP contribution in [0.1, 0.15) is 53.9 Å². The molecule has 1 aliphatic rings. The second kappa shape index (κ2) is 10.1. The molecular weight excluding hydrogens is 396 g/mol. The van der Waals surface area contributed by atoms with E-state index in [2.05, 4.69) is 107 Å². The van der Waals surface area contributed by atoms with Gasteiger partial charge in [0.25, 0.3) is 8.32 Å². The number of benzene rings is 2. The zero-order valence-electron chi connectivity index (χ0n) is 19.8. The van der Waals surface area contributed by atoms with E-state index in [4.69, 9.17) is 4.43 Å². The van der Waals surface area contributed by atoms with Crippen molar-refractivity contribution < 1.29 is 9.22 Å². The highest BCUT2D eigenvalue weighted by molar-refractivity contribution is 6.99. The molecule has 0 heterocycles. The summed E-state index contributed by atoms with van der Waals surface area (Å²) < 4.78 is 6.95. The fourth-order valence-electron chi connectivity index (χ4n) is 5.26. The van der Waals surface area contributed by atoms with Crippen LogP contribution in [0.15, 0.2) is 72.8 Å². The fourth-order valence-corrected chi connectivity index (χ4v) is 9.76. The van der Waals surface area contributed by atoms with Crippen LogP contribution in [-0.2, 0) is 9.22 Å². The molecule has 2 aromatic rings. The first-order chi connectivity index (χ1) is 14.8. The monoisotopic (exact) mass is 434 g/mol. The molecule has 0 bridgehead atoms. The minimum atomic E-state index is -2.51. The lowest BCUT2D eigenvalue weighted by molar-refractivity contribution is -0.122. The summed E-state index contributed by atoms with van der Waals surface area (Å²) in [5, 5.41) is 2.58. The summed E-state index contributed by atoms with van der Waals surface area (Å²) in [4.78, 5) is 12.1. The number of Topliss-reactive ketones (excluding diaryl/α,β-unsaturated/α-hetero) is 1. The van der Waals surface area contributed by atoms with Gasteiger partial charge in [-0.2, -0.15) is 0 Å². The molecule has 0 aromatic heterocycles.